The van der Waals surface area contributed by atoms with Crippen molar-refractivity contribution in [2.75, 3.05) is 57.9 Å². The van der Waals surface area contributed by atoms with Crippen LogP contribution >= 0.6 is 11.3 Å². The number of morpholine rings is 1. The molecule has 9 heteroatoms. The molecule has 8 nitrogen and oxygen atoms in total. The number of thiophene rings is 1. The van der Waals surface area contributed by atoms with Gasteiger partial charge in [-0.15, -0.1) is 0 Å². The van der Waals surface area contributed by atoms with Crippen molar-refractivity contribution in [1.29, 1.82) is 0 Å². The second kappa shape index (κ2) is 11.9. The molecule has 5 rings (SSSR count). The zero-order chi connectivity index (χ0) is 25.6. The fourth-order valence-electron chi connectivity index (χ4n) is 5.04. The number of carbonyl (C=O) groups is 2. The summed E-state index contributed by atoms with van der Waals surface area (Å²) in [6.45, 7) is 5.40. The van der Waals surface area contributed by atoms with E-state index in [1.54, 1.807) is 18.4 Å². The maximum atomic E-state index is 13.5. The minimum Gasteiger partial charge on any atom is -0.497 e. The van der Waals surface area contributed by atoms with Crippen LogP contribution in [0.3, 0.4) is 0 Å². The molecule has 0 saturated carbocycles. The lowest BCUT2D eigenvalue weighted by atomic mass is 10.1. The van der Waals surface area contributed by atoms with E-state index in [9.17, 15) is 9.59 Å². The first-order valence-electron chi connectivity index (χ1n) is 13.0. The van der Waals surface area contributed by atoms with Gasteiger partial charge in [-0.3, -0.25) is 9.59 Å². The average molecular weight is 523 g/mol. The van der Waals surface area contributed by atoms with E-state index in [0.29, 0.717) is 45.7 Å². The van der Waals surface area contributed by atoms with E-state index in [1.807, 2.05) is 44.8 Å². The number of hydrogen-bond donors (Lipinski definition) is 0. The number of carbonyl (C=O) groups excluding carboxylic acids is 2. The third-order valence-corrected chi connectivity index (χ3v) is 7.80. The largest absolute Gasteiger partial charge is 0.497 e. The first-order chi connectivity index (χ1) is 18.1. The van der Waals surface area contributed by atoms with Crippen LogP contribution in [0, 0.1) is 0 Å². The smallest absolute Gasteiger partial charge is 0.227 e. The predicted octanol–water partition coefficient (Wildman–Crippen LogP) is 3.73. The second-order valence-electron chi connectivity index (χ2n) is 9.59. The van der Waals surface area contributed by atoms with Crippen LogP contribution in [0.1, 0.15) is 30.4 Å². The highest BCUT2D eigenvalue weighted by molar-refractivity contribution is 7.08. The van der Waals surface area contributed by atoms with Crippen molar-refractivity contribution in [3.8, 4) is 5.75 Å². The number of ether oxygens (including phenoxy) is 2. The Balaban J connectivity index is 1.42. The Kier molecular flexibility index (Phi) is 8.21. The molecule has 0 aliphatic carbocycles. The first kappa shape index (κ1) is 25.5. The van der Waals surface area contributed by atoms with Gasteiger partial charge >= 0.3 is 0 Å². The summed E-state index contributed by atoms with van der Waals surface area (Å²) in [4.78, 5) is 36.8. The molecule has 196 valence electrons. The molecule has 3 aromatic rings. The summed E-state index contributed by atoms with van der Waals surface area (Å²) in [7, 11) is 1.66. The Hall–Kier alpha value is -3.17. The van der Waals surface area contributed by atoms with Crippen molar-refractivity contribution in [2.45, 2.75) is 32.2 Å². The van der Waals surface area contributed by atoms with E-state index in [1.165, 1.54) is 0 Å². The number of aromatic nitrogens is 1. The molecule has 0 spiro atoms. The molecular weight excluding hydrogens is 488 g/mol. The molecule has 2 aliphatic rings. The van der Waals surface area contributed by atoms with E-state index in [2.05, 4.69) is 11.0 Å². The summed E-state index contributed by atoms with van der Waals surface area (Å²) in [5.41, 5.74) is 2.93. The number of methoxy groups -OCH3 is 1. The number of benzene rings is 1. The highest BCUT2D eigenvalue weighted by Gasteiger charge is 2.23. The molecule has 2 aromatic heterocycles. The number of rotatable bonds is 10. The number of anilines is 1. The maximum absolute atomic E-state index is 13.5. The number of likely N-dealkylation sites (tertiary alicyclic amines) is 1. The topological polar surface area (TPSA) is 75.2 Å². The average Bonchev–Trinajstić information content (AvgIpc) is 3.59. The Morgan fingerprint density at radius 1 is 1.19 bits per heavy atom. The van der Waals surface area contributed by atoms with Gasteiger partial charge in [-0.1, -0.05) is 0 Å². The Labute approximate surface area is 221 Å². The summed E-state index contributed by atoms with van der Waals surface area (Å²) in [5.74, 6) is 1.98. The van der Waals surface area contributed by atoms with E-state index >= 15 is 0 Å². The van der Waals surface area contributed by atoms with Crippen LogP contribution in [0.4, 0.5) is 5.82 Å². The number of nitrogens with zero attached hydrogens (tertiary/aromatic N) is 4. The van der Waals surface area contributed by atoms with Gasteiger partial charge in [0.2, 0.25) is 11.8 Å². The SMILES string of the molecule is COc1ccc2cc(CN(CCCN3CCCC3=O)C(=O)Cc3ccsc3)c(N3CCOCC3)nc2c1. The van der Waals surface area contributed by atoms with Crippen molar-refractivity contribution in [3.63, 3.8) is 0 Å². The van der Waals surface area contributed by atoms with E-state index in [-0.39, 0.29) is 11.8 Å². The van der Waals surface area contributed by atoms with Crippen molar-refractivity contribution in [2.24, 2.45) is 0 Å². The number of pyridine rings is 1. The Morgan fingerprint density at radius 2 is 2.05 bits per heavy atom. The standard InChI is InChI=1S/C28H34N4O4S/c1-35-24-6-5-22-17-23(28(29-25(22)18-24)31-11-13-36-14-12-31)19-32(27(34)16-21-7-15-37-20-21)10-3-9-30-8-2-4-26(30)33/h5-7,15,17-18,20H,2-4,8-14,16,19H2,1H3. The zero-order valence-corrected chi connectivity index (χ0v) is 22.2. The van der Waals surface area contributed by atoms with Gasteiger partial charge in [-0.05, 0) is 53.4 Å². The van der Waals surface area contributed by atoms with Crippen LogP contribution in [0.5, 0.6) is 5.75 Å². The van der Waals surface area contributed by atoms with E-state index in [0.717, 1.165) is 66.1 Å². The number of amides is 2. The molecule has 2 amide bonds. The number of hydrogen-bond acceptors (Lipinski definition) is 7. The van der Waals surface area contributed by atoms with Crippen LogP contribution in [-0.2, 0) is 27.3 Å². The van der Waals surface area contributed by atoms with Gasteiger partial charge in [-0.25, -0.2) is 4.98 Å². The summed E-state index contributed by atoms with van der Waals surface area (Å²) >= 11 is 1.60. The molecule has 4 heterocycles. The van der Waals surface area contributed by atoms with Crippen molar-refractivity contribution < 1.29 is 19.1 Å². The van der Waals surface area contributed by atoms with Crippen molar-refractivity contribution in [1.82, 2.24) is 14.8 Å². The Bertz CT molecular complexity index is 1230. The predicted molar refractivity (Wildman–Crippen MR) is 145 cm³/mol. The van der Waals surface area contributed by atoms with Gasteiger partial charge in [0.15, 0.2) is 0 Å². The van der Waals surface area contributed by atoms with Gasteiger partial charge < -0.3 is 24.2 Å². The highest BCUT2D eigenvalue weighted by Crippen LogP contribution is 2.28. The van der Waals surface area contributed by atoms with Crippen LogP contribution in [0.25, 0.3) is 10.9 Å². The van der Waals surface area contributed by atoms with Crippen LogP contribution < -0.4 is 9.64 Å². The lowest BCUT2D eigenvalue weighted by Crippen LogP contribution is -2.39. The maximum Gasteiger partial charge on any atom is 0.227 e. The minimum atomic E-state index is 0.0916. The van der Waals surface area contributed by atoms with Gasteiger partial charge in [0.25, 0.3) is 0 Å². The zero-order valence-electron chi connectivity index (χ0n) is 21.4. The molecule has 37 heavy (non-hydrogen) atoms. The van der Waals surface area contributed by atoms with Gasteiger partial charge in [-0.2, -0.15) is 11.3 Å². The molecule has 2 aliphatic heterocycles. The molecule has 2 fully saturated rings. The van der Waals surface area contributed by atoms with Crippen molar-refractivity contribution >= 4 is 39.9 Å². The lowest BCUT2D eigenvalue weighted by molar-refractivity contribution is -0.131. The highest BCUT2D eigenvalue weighted by atomic mass is 32.1. The van der Waals surface area contributed by atoms with Gasteiger partial charge in [0.05, 0.1) is 32.3 Å². The number of fused-ring (bicyclic) bond motifs is 1. The lowest BCUT2D eigenvalue weighted by Gasteiger charge is -2.31. The summed E-state index contributed by atoms with van der Waals surface area (Å²) in [5, 5.41) is 5.05. The third-order valence-electron chi connectivity index (χ3n) is 7.07. The van der Waals surface area contributed by atoms with Gasteiger partial charge in [0, 0.05) is 62.7 Å². The molecular formula is C28H34N4O4S. The second-order valence-corrected chi connectivity index (χ2v) is 10.4. The van der Waals surface area contributed by atoms with Crippen LogP contribution in [0.2, 0.25) is 0 Å². The van der Waals surface area contributed by atoms with Crippen LogP contribution in [-0.4, -0.2) is 79.6 Å². The normalized spacial score (nSPS) is 16.0. The van der Waals surface area contributed by atoms with E-state index < -0.39 is 0 Å². The fraction of sp³-hybridized carbons (Fsp3) is 0.464. The first-order valence-corrected chi connectivity index (χ1v) is 13.9. The van der Waals surface area contributed by atoms with E-state index in [4.69, 9.17) is 14.5 Å². The monoisotopic (exact) mass is 522 g/mol. The summed E-state index contributed by atoms with van der Waals surface area (Å²) in [6.07, 6.45) is 2.69. The summed E-state index contributed by atoms with van der Waals surface area (Å²) in [6, 6.07) is 10.1. The molecule has 0 atom stereocenters. The molecule has 0 bridgehead atoms. The molecule has 0 unspecified atom stereocenters. The Morgan fingerprint density at radius 3 is 2.78 bits per heavy atom. The molecule has 2 saturated heterocycles. The van der Waals surface area contributed by atoms with Gasteiger partial charge in [0.1, 0.15) is 11.6 Å². The quantitative estimate of drug-likeness (QED) is 0.404. The molecule has 0 radical (unpaired) electrons. The minimum absolute atomic E-state index is 0.0916. The fourth-order valence-corrected chi connectivity index (χ4v) is 5.71. The molecule has 1 aromatic carbocycles. The van der Waals surface area contributed by atoms with Crippen LogP contribution in [0.15, 0.2) is 41.1 Å². The van der Waals surface area contributed by atoms with Crippen molar-refractivity contribution in [3.05, 3.63) is 52.2 Å². The third kappa shape index (κ3) is 6.22. The summed E-state index contributed by atoms with van der Waals surface area (Å²) < 4.78 is 11.0. The molecule has 0 N–H and O–H groups in total.